The zero-order valence-corrected chi connectivity index (χ0v) is 7.90. The normalized spacial score (nSPS) is 19.1. The van der Waals surface area contributed by atoms with E-state index in [0.29, 0.717) is 18.1 Å². The average Bonchev–Trinajstić information content (AvgIpc) is 2.27. The van der Waals surface area contributed by atoms with Gasteiger partial charge in [0, 0.05) is 6.07 Å². The van der Waals surface area contributed by atoms with Gasteiger partial charge in [-0.1, -0.05) is 0 Å². The molecule has 1 aromatic rings. The molecule has 1 heterocycles. The van der Waals surface area contributed by atoms with E-state index in [9.17, 15) is 0 Å². The third-order valence-corrected chi connectivity index (χ3v) is 2.07. The molecule has 1 atom stereocenters. The summed E-state index contributed by atoms with van der Waals surface area (Å²) < 4.78 is 15.9. The summed E-state index contributed by atoms with van der Waals surface area (Å²) in [7, 11) is 1.60. The fourth-order valence-electron chi connectivity index (χ4n) is 1.31. The van der Waals surface area contributed by atoms with E-state index < -0.39 is 0 Å². The molecule has 2 rings (SSSR count). The molecule has 0 amide bonds. The molecule has 0 bridgehead atoms. The first-order valence-electron chi connectivity index (χ1n) is 4.42. The lowest BCUT2D eigenvalue weighted by molar-refractivity contribution is 0.0454. The van der Waals surface area contributed by atoms with Gasteiger partial charge in [-0.2, -0.15) is 0 Å². The Morgan fingerprint density at radius 1 is 1.50 bits per heavy atom. The van der Waals surface area contributed by atoms with Gasteiger partial charge < -0.3 is 19.3 Å². The molecule has 0 saturated carbocycles. The number of methoxy groups -OCH3 is 1. The average molecular weight is 196 g/mol. The molecule has 1 aliphatic rings. The van der Waals surface area contributed by atoms with E-state index in [1.54, 1.807) is 25.3 Å². The van der Waals surface area contributed by atoms with Crippen LogP contribution in [0.15, 0.2) is 18.2 Å². The number of hydrogen-bond acceptors (Lipinski definition) is 4. The van der Waals surface area contributed by atoms with Crippen LogP contribution in [0.1, 0.15) is 0 Å². The Balaban J connectivity index is 2.23. The van der Waals surface area contributed by atoms with Crippen LogP contribution in [0.3, 0.4) is 0 Å². The highest BCUT2D eigenvalue weighted by molar-refractivity contribution is 5.46. The molecule has 0 saturated heterocycles. The van der Waals surface area contributed by atoms with Crippen LogP contribution in [0.2, 0.25) is 0 Å². The smallest absolute Gasteiger partial charge is 0.165 e. The molecule has 1 aromatic carbocycles. The van der Waals surface area contributed by atoms with Crippen LogP contribution in [0.4, 0.5) is 0 Å². The Morgan fingerprint density at radius 2 is 2.36 bits per heavy atom. The van der Waals surface area contributed by atoms with E-state index >= 15 is 0 Å². The molecule has 14 heavy (non-hydrogen) atoms. The topological polar surface area (TPSA) is 47.9 Å². The van der Waals surface area contributed by atoms with Gasteiger partial charge in [-0.3, -0.25) is 0 Å². The lowest BCUT2D eigenvalue weighted by atomic mass is 10.2. The van der Waals surface area contributed by atoms with Crippen LogP contribution in [-0.4, -0.2) is 31.5 Å². The van der Waals surface area contributed by atoms with Gasteiger partial charge in [0.15, 0.2) is 17.6 Å². The number of fused-ring (bicyclic) bond motifs is 1. The van der Waals surface area contributed by atoms with Gasteiger partial charge in [0.25, 0.3) is 0 Å². The summed E-state index contributed by atoms with van der Waals surface area (Å²) in [6.45, 7) is 0.335. The molecule has 76 valence electrons. The summed E-state index contributed by atoms with van der Waals surface area (Å²) in [5.74, 6) is 2.04. The minimum atomic E-state index is -0.268. The van der Waals surface area contributed by atoms with Gasteiger partial charge >= 0.3 is 0 Å². The summed E-state index contributed by atoms with van der Waals surface area (Å²) in [6, 6.07) is 5.33. The van der Waals surface area contributed by atoms with Gasteiger partial charge in [0.1, 0.15) is 12.4 Å². The number of rotatable bonds is 2. The van der Waals surface area contributed by atoms with Crippen molar-refractivity contribution in [2.45, 2.75) is 6.10 Å². The van der Waals surface area contributed by atoms with Crippen molar-refractivity contribution in [1.82, 2.24) is 0 Å². The zero-order valence-electron chi connectivity index (χ0n) is 7.90. The Kier molecular flexibility index (Phi) is 2.45. The summed E-state index contributed by atoms with van der Waals surface area (Å²) >= 11 is 0. The molecule has 1 N–H and O–H groups in total. The van der Waals surface area contributed by atoms with E-state index in [2.05, 4.69) is 0 Å². The molecular formula is C10H12O4. The first-order valence-corrected chi connectivity index (χ1v) is 4.42. The van der Waals surface area contributed by atoms with E-state index in [1.165, 1.54) is 0 Å². The highest BCUT2D eigenvalue weighted by Crippen LogP contribution is 2.34. The summed E-state index contributed by atoms with van der Waals surface area (Å²) in [5, 5.41) is 8.89. The van der Waals surface area contributed by atoms with Gasteiger partial charge in [0.05, 0.1) is 13.7 Å². The fourth-order valence-corrected chi connectivity index (χ4v) is 1.31. The van der Waals surface area contributed by atoms with E-state index in [-0.39, 0.29) is 12.7 Å². The lowest BCUT2D eigenvalue weighted by Crippen LogP contribution is -2.32. The Hall–Kier alpha value is -1.42. The lowest BCUT2D eigenvalue weighted by Gasteiger charge is -2.25. The van der Waals surface area contributed by atoms with Gasteiger partial charge in [0.2, 0.25) is 0 Å². The molecule has 4 heteroatoms. The Bertz CT molecular complexity index is 324. The minimum absolute atomic E-state index is 0.0362. The maximum atomic E-state index is 8.89. The maximum Gasteiger partial charge on any atom is 0.165 e. The minimum Gasteiger partial charge on any atom is -0.497 e. The SMILES string of the molecule is COc1ccc2c(c1)OC[C@H](CO)O2. The van der Waals surface area contributed by atoms with Gasteiger partial charge in [-0.05, 0) is 12.1 Å². The highest BCUT2D eigenvalue weighted by atomic mass is 16.6. The van der Waals surface area contributed by atoms with E-state index in [0.717, 1.165) is 5.75 Å². The van der Waals surface area contributed by atoms with Gasteiger partial charge in [-0.25, -0.2) is 0 Å². The monoisotopic (exact) mass is 196 g/mol. The molecule has 0 radical (unpaired) electrons. The second kappa shape index (κ2) is 3.75. The second-order valence-electron chi connectivity index (χ2n) is 3.05. The summed E-state index contributed by atoms with van der Waals surface area (Å²) in [4.78, 5) is 0. The highest BCUT2D eigenvalue weighted by Gasteiger charge is 2.20. The van der Waals surface area contributed by atoms with Crippen molar-refractivity contribution in [3.63, 3.8) is 0 Å². The van der Waals surface area contributed by atoms with Crippen LogP contribution in [0, 0.1) is 0 Å². The predicted molar refractivity (Wildman–Crippen MR) is 50.0 cm³/mol. The van der Waals surface area contributed by atoms with Crippen molar-refractivity contribution in [3.8, 4) is 17.2 Å². The molecular weight excluding hydrogens is 184 g/mol. The molecule has 0 spiro atoms. The number of ether oxygens (including phenoxy) is 3. The van der Waals surface area contributed by atoms with Crippen molar-refractivity contribution >= 4 is 0 Å². The first-order chi connectivity index (χ1) is 6.83. The summed E-state index contributed by atoms with van der Waals surface area (Å²) in [6.07, 6.45) is -0.268. The second-order valence-corrected chi connectivity index (χ2v) is 3.05. The van der Waals surface area contributed by atoms with E-state index in [4.69, 9.17) is 19.3 Å². The van der Waals surface area contributed by atoms with Crippen molar-refractivity contribution in [2.75, 3.05) is 20.3 Å². The predicted octanol–water partition coefficient (Wildman–Crippen LogP) is 0.827. The number of aliphatic hydroxyl groups is 1. The molecule has 0 aliphatic carbocycles. The molecule has 4 nitrogen and oxygen atoms in total. The zero-order chi connectivity index (χ0) is 9.97. The van der Waals surface area contributed by atoms with Crippen molar-refractivity contribution in [2.24, 2.45) is 0 Å². The fraction of sp³-hybridized carbons (Fsp3) is 0.400. The molecule has 0 aromatic heterocycles. The Labute approximate surface area is 82.0 Å². The third-order valence-electron chi connectivity index (χ3n) is 2.07. The number of benzene rings is 1. The van der Waals surface area contributed by atoms with E-state index in [1.807, 2.05) is 0 Å². The van der Waals surface area contributed by atoms with Crippen molar-refractivity contribution < 1.29 is 19.3 Å². The van der Waals surface area contributed by atoms with Crippen LogP contribution in [-0.2, 0) is 0 Å². The number of aliphatic hydroxyl groups excluding tert-OH is 1. The maximum absolute atomic E-state index is 8.89. The number of hydrogen-bond donors (Lipinski definition) is 1. The van der Waals surface area contributed by atoms with Crippen LogP contribution >= 0.6 is 0 Å². The molecule has 0 unspecified atom stereocenters. The Morgan fingerprint density at radius 3 is 3.07 bits per heavy atom. The van der Waals surface area contributed by atoms with Gasteiger partial charge in [-0.15, -0.1) is 0 Å². The standard InChI is InChI=1S/C10H12O4/c1-12-7-2-3-9-10(4-7)13-6-8(5-11)14-9/h2-4,8,11H,5-6H2,1H3/t8-/m0/s1. The largest absolute Gasteiger partial charge is 0.497 e. The first kappa shape index (κ1) is 9.15. The molecule has 0 fully saturated rings. The quantitative estimate of drug-likeness (QED) is 0.761. The van der Waals surface area contributed by atoms with Crippen LogP contribution in [0.25, 0.3) is 0 Å². The molecule has 1 aliphatic heterocycles. The van der Waals surface area contributed by atoms with Crippen LogP contribution < -0.4 is 14.2 Å². The van der Waals surface area contributed by atoms with Crippen LogP contribution in [0.5, 0.6) is 17.2 Å². The summed E-state index contributed by atoms with van der Waals surface area (Å²) in [5.41, 5.74) is 0. The van der Waals surface area contributed by atoms with Crippen molar-refractivity contribution in [1.29, 1.82) is 0 Å². The van der Waals surface area contributed by atoms with Crippen molar-refractivity contribution in [3.05, 3.63) is 18.2 Å². The third kappa shape index (κ3) is 1.61.